The van der Waals surface area contributed by atoms with Gasteiger partial charge in [0.15, 0.2) is 0 Å². The van der Waals surface area contributed by atoms with E-state index in [9.17, 15) is 0 Å². The Morgan fingerprint density at radius 1 is 1.21 bits per heavy atom. The number of rotatable bonds is 5. The summed E-state index contributed by atoms with van der Waals surface area (Å²) in [6, 6.07) is 0. The molecule has 2 fully saturated rings. The molecule has 1 aliphatic heterocycles. The second kappa shape index (κ2) is 6.55. The standard InChI is InChI=1S/C16H33N3/c1-4-14-5-8-16(11-14,13-17)19(3)12-15-6-9-18(2)10-7-15/h14-15H,4-13,17H2,1-3H3. The number of nitrogens with zero attached hydrogens (tertiary/aromatic N) is 2. The third-order valence-electron chi connectivity index (χ3n) is 5.82. The lowest BCUT2D eigenvalue weighted by atomic mass is 9.90. The van der Waals surface area contributed by atoms with Crippen LogP contribution in [0.1, 0.15) is 45.4 Å². The van der Waals surface area contributed by atoms with Gasteiger partial charge in [0, 0.05) is 18.6 Å². The third kappa shape index (κ3) is 3.50. The van der Waals surface area contributed by atoms with Crippen molar-refractivity contribution in [2.75, 3.05) is 40.3 Å². The van der Waals surface area contributed by atoms with Gasteiger partial charge >= 0.3 is 0 Å². The summed E-state index contributed by atoms with van der Waals surface area (Å²) in [5.74, 6) is 1.79. The van der Waals surface area contributed by atoms with Gasteiger partial charge in [-0.1, -0.05) is 13.3 Å². The molecule has 2 N–H and O–H groups in total. The van der Waals surface area contributed by atoms with Gasteiger partial charge in [-0.2, -0.15) is 0 Å². The Morgan fingerprint density at radius 2 is 1.89 bits per heavy atom. The first-order valence-corrected chi connectivity index (χ1v) is 8.19. The molecule has 3 nitrogen and oxygen atoms in total. The van der Waals surface area contributed by atoms with E-state index in [1.807, 2.05) is 0 Å². The van der Waals surface area contributed by atoms with Gasteiger partial charge in [-0.25, -0.2) is 0 Å². The molecule has 1 aliphatic carbocycles. The maximum atomic E-state index is 6.16. The summed E-state index contributed by atoms with van der Waals surface area (Å²) in [6.45, 7) is 6.96. The van der Waals surface area contributed by atoms with Crippen LogP contribution in [0.3, 0.4) is 0 Å². The van der Waals surface area contributed by atoms with E-state index in [1.165, 1.54) is 58.2 Å². The highest BCUT2D eigenvalue weighted by Crippen LogP contribution is 2.40. The first-order chi connectivity index (χ1) is 9.09. The summed E-state index contributed by atoms with van der Waals surface area (Å²) in [5.41, 5.74) is 6.47. The molecular formula is C16H33N3. The molecule has 2 rings (SSSR count). The molecule has 0 aromatic carbocycles. The zero-order valence-electron chi connectivity index (χ0n) is 13.2. The number of likely N-dealkylation sites (tertiary alicyclic amines) is 1. The molecule has 0 spiro atoms. The lowest BCUT2D eigenvalue weighted by Crippen LogP contribution is -2.52. The minimum Gasteiger partial charge on any atom is -0.329 e. The molecule has 112 valence electrons. The lowest BCUT2D eigenvalue weighted by molar-refractivity contribution is 0.0862. The molecule has 1 saturated carbocycles. The fourth-order valence-electron chi connectivity index (χ4n) is 4.08. The van der Waals surface area contributed by atoms with Crippen molar-refractivity contribution in [2.24, 2.45) is 17.6 Å². The summed E-state index contributed by atoms with van der Waals surface area (Å²) in [6.07, 6.45) is 8.06. The second-order valence-electron chi connectivity index (χ2n) is 7.07. The maximum absolute atomic E-state index is 6.16. The summed E-state index contributed by atoms with van der Waals surface area (Å²) >= 11 is 0. The van der Waals surface area contributed by atoms with Crippen LogP contribution in [0.5, 0.6) is 0 Å². The first-order valence-electron chi connectivity index (χ1n) is 8.19. The van der Waals surface area contributed by atoms with Gasteiger partial charge < -0.3 is 10.6 Å². The number of likely N-dealkylation sites (N-methyl/N-ethyl adjacent to an activating group) is 1. The SMILES string of the molecule is CCC1CCC(CN)(N(C)CC2CCN(C)CC2)C1. The van der Waals surface area contributed by atoms with Crippen molar-refractivity contribution in [3.63, 3.8) is 0 Å². The normalized spacial score (nSPS) is 34.3. The van der Waals surface area contributed by atoms with Crippen LogP contribution in [0.15, 0.2) is 0 Å². The van der Waals surface area contributed by atoms with E-state index >= 15 is 0 Å². The highest BCUT2D eigenvalue weighted by Gasteiger charge is 2.41. The van der Waals surface area contributed by atoms with E-state index in [-0.39, 0.29) is 0 Å². The smallest absolute Gasteiger partial charge is 0.0331 e. The Labute approximate surface area is 119 Å². The van der Waals surface area contributed by atoms with Crippen molar-refractivity contribution in [1.29, 1.82) is 0 Å². The Kier molecular flexibility index (Phi) is 5.27. The van der Waals surface area contributed by atoms with E-state index in [2.05, 4.69) is 30.8 Å². The summed E-state index contributed by atoms with van der Waals surface area (Å²) < 4.78 is 0. The van der Waals surface area contributed by atoms with Crippen molar-refractivity contribution >= 4 is 0 Å². The van der Waals surface area contributed by atoms with Gasteiger partial charge in [0.2, 0.25) is 0 Å². The molecule has 1 heterocycles. The van der Waals surface area contributed by atoms with Gasteiger partial charge in [-0.15, -0.1) is 0 Å². The molecule has 0 radical (unpaired) electrons. The lowest BCUT2D eigenvalue weighted by Gasteiger charge is -2.41. The van der Waals surface area contributed by atoms with Crippen LogP contribution in [0.25, 0.3) is 0 Å². The van der Waals surface area contributed by atoms with E-state index in [0.29, 0.717) is 5.54 Å². The summed E-state index contributed by atoms with van der Waals surface area (Å²) in [5, 5.41) is 0. The van der Waals surface area contributed by atoms with Crippen LogP contribution in [-0.4, -0.2) is 55.6 Å². The van der Waals surface area contributed by atoms with E-state index in [0.717, 1.165) is 18.4 Å². The molecule has 1 saturated heterocycles. The van der Waals surface area contributed by atoms with Crippen LogP contribution >= 0.6 is 0 Å². The molecule has 19 heavy (non-hydrogen) atoms. The summed E-state index contributed by atoms with van der Waals surface area (Å²) in [4.78, 5) is 5.08. The predicted molar refractivity (Wildman–Crippen MR) is 82.3 cm³/mol. The van der Waals surface area contributed by atoms with Gasteiger partial charge in [-0.05, 0) is 71.1 Å². The predicted octanol–water partition coefficient (Wildman–Crippen LogP) is 2.17. The largest absolute Gasteiger partial charge is 0.329 e. The molecular weight excluding hydrogens is 234 g/mol. The Morgan fingerprint density at radius 3 is 2.42 bits per heavy atom. The molecule has 0 bridgehead atoms. The number of hydrogen-bond donors (Lipinski definition) is 1. The van der Waals surface area contributed by atoms with Crippen molar-refractivity contribution in [1.82, 2.24) is 9.80 Å². The van der Waals surface area contributed by atoms with Gasteiger partial charge in [0.05, 0.1) is 0 Å². The molecule has 2 unspecified atom stereocenters. The molecule has 0 aromatic rings. The average molecular weight is 267 g/mol. The molecule has 0 amide bonds. The minimum atomic E-state index is 0.310. The van der Waals surface area contributed by atoms with Crippen LogP contribution in [0.4, 0.5) is 0 Å². The zero-order chi connectivity index (χ0) is 13.9. The molecule has 3 heteroatoms. The van der Waals surface area contributed by atoms with E-state index in [4.69, 9.17) is 5.73 Å². The number of hydrogen-bond acceptors (Lipinski definition) is 3. The first kappa shape index (κ1) is 15.3. The average Bonchev–Trinajstić information content (AvgIpc) is 2.86. The van der Waals surface area contributed by atoms with Crippen molar-refractivity contribution in [3.8, 4) is 0 Å². The fourth-order valence-corrected chi connectivity index (χ4v) is 4.08. The highest BCUT2D eigenvalue weighted by atomic mass is 15.2. The third-order valence-corrected chi connectivity index (χ3v) is 5.82. The Balaban J connectivity index is 1.88. The number of piperidine rings is 1. The fraction of sp³-hybridized carbons (Fsp3) is 1.00. The minimum absolute atomic E-state index is 0.310. The van der Waals surface area contributed by atoms with Crippen LogP contribution in [0, 0.1) is 11.8 Å². The van der Waals surface area contributed by atoms with Gasteiger partial charge in [-0.3, -0.25) is 4.90 Å². The van der Waals surface area contributed by atoms with Crippen LogP contribution < -0.4 is 5.73 Å². The van der Waals surface area contributed by atoms with Crippen molar-refractivity contribution in [2.45, 2.75) is 51.0 Å². The quantitative estimate of drug-likeness (QED) is 0.828. The van der Waals surface area contributed by atoms with Crippen LogP contribution in [-0.2, 0) is 0 Å². The van der Waals surface area contributed by atoms with Gasteiger partial charge in [0.25, 0.3) is 0 Å². The van der Waals surface area contributed by atoms with Crippen LogP contribution in [0.2, 0.25) is 0 Å². The monoisotopic (exact) mass is 267 g/mol. The van der Waals surface area contributed by atoms with E-state index < -0.39 is 0 Å². The molecule has 2 atom stereocenters. The molecule has 2 aliphatic rings. The van der Waals surface area contributed by atoms with E-state index in [1.54, 1.807) is 0 Å². The zero-order valence-corrected chi connectivity index (χ0v) is 13.2. The topological polar surface area (TPSA) is 32.5 Å². The highest BCUT2D eigenvalue weighted by molar-refractivity contribution is 4.98. The number of nitrogens with two attached hydrogens (primary N) is 1. The Hall–Kier alpha value is -0.120. The van der Waals surface area contributed by atoms with Crippen molar-refractivity contribution < 1.29 is 0 Å². The van der Waals surface area contributed by atoms with Gasteiger partial charge in [0.1, 0.15) is 0 Å². The van der Waals surface area contributed by atoms with Crippen molar-refractivity contribution in [3.05, 3.63) is 0 Å². The summed E-state index contributed by atoms with van der Waals surface area (Å²) in [7, 11) is 4.56. The maximum Gasteiger partial charge on any atom is 0.0331 e. The molecule has 0 aromatic heterocycles. The Bertz CT molecular complexity index is 273. The second-order valence-corrected chi connectivity index (χ2v) is 7.07.